The van der Waals surface area contributed by atoms with Gasteiger partial charge in [0, 0.05) is 17.8 Å². The lowest BCUT2D eigenvalue weighted by Crippen LogP contribution is -2.55. The van der Waals surface area contributed by atoms with E-state index in [-0.39, 0.29) is 24.7 Å². The van der Waals surface area contributed by atoms with Crippen molar-refractivity contribution in [2.24, 2.45) is 0 Å². The van der Waals surface area contributed by atoms with Crippen molar-refractivity contribution in [2.45, 2.75) is 65.5 Å². The van der Waals surface area contributed by atoms with Crippen LogP contribution < -0.4 is 10.6 Å². The fraction of sp³-hybridized carbons (Fsp3) is 0.600. The van der Waals surface area contributed by atoms with Crippen molar-refractivity contribution >= 4 is 17.7 Å². The molecule has 0 unspecified atom stereocenters. The van der Waals surface area contributed by atoms with Gasteiger partial charge >= 0.3 is 12.0 Å². The number of urea groups is 1. The summed E-state index contributed by atoms with van der Waals surface area (Å²) in [6.07, 6.45) is 3.33. The molecule has 0 atom stereocenters. The van der Waals surface area contributed by atoms with Gasteiger partial charge in [-0.25, -0.2) is 4.79 Å². The summed E-state index contributed by atoms with van der Waals surface area (Å²) in [4.78, 5) is 25.3. The van der Waals surface area contributed by atoms with E-state index in [0.717, 1.165) is 42.5 Å². The van der Waals surface area contributed by atoms with Crippen LogP contribution in [0.2, 0.25) is 0 Å². The SMILES string of the molecule is CCc1cc(C)cc(CC)c1NC(=O)NC1CC(N(CC)CC(=O)O)C1. The second-order valence-electron chi connectivity index (χ2n) is 7.04. The average Bonchev–Trinajstić information content (AvgIpc) is 2.56. The molecule has 144 valence electrons. The average molecular weight is 361 g/mol. The molecule has 2 amide bonds. The standard InChI is InChI=1S/C20H31N3O3/c1-5-14-8-13(4)9-15(6-2)19(14)22-20(26)21-16-10-17(11-16)23(7-3)12-18(24)25/h8-9,16-17H,5-7,10-12H2,1-4H3,(H,24,25)(H2,21,22,26). The number of likely N-dealkylation sites (N-methyl/N-ethyl adjacent to an activating group) is 1. The Kier molecular flexibility index (Phi) is 7.03. The first-order chi connectivity index (χ1) is 12.4. The predicted octanol–water partition coefficient (Wildman–Crippen LogP) is 3.18. The molecule has 6 nitrogen and oxygen atoms in total. The molecule has 2 rings (SSSR count). The number of benzene rings is 1. The van der Waals surface area contributed by atoms with E-state index in [9.17, 15) is 9.59 Å². The maximum absolute atomic E-state index is 12.4. The van der Waals surface area contributed by atoms with Gasteiger partial charge in [-0.15, -0.1) is 0 Å². The summed E-state index contributed by atoms with van der Waals surface area (Å²) in [6.45, 7) is 8.99. The van der Waals surface area contributed by atoms with Crippen molar-refractivity contribution in [3.63, 3.8) is 0 Å². The Labute approximate surface area is 156 Å². The van der Waals surface area contributed by atoms with Crippen molar-refractivity contribution in [3.8, 4) is 0 Å². The molecule has 1 aromatic rings. The normalized spacial score (nSPS) is 19.1. The quantitative estimate of drug-likeness (QED) is 0.664. The Balaban J connectivity index is 1.92. The zero-order valence-corrected chi connectivity index (χ0v) is 16.3. The molecule has 26 heavy (non-hydrogen) atoms. The largest absolute Gasteiger partial charge is 0.480 e. The van der Waals surface area contributed by atoms with E-state index in [0.29, 0.717) is 6.54 Å². The Morgan fingerprint density at radius 1 is 1.15 bits per heavy atom. The van der Waals surface area contributed by atoms with Crippen LogP contribution >= 0.6 is 0 Å². The van der Waals surface area contributed by atoms with Crippen molar-refractivity contribution in [3.05, 3.63) is 28.8 Å². The Bertz CT molecular complexity index is 629. The number of nitrogens with zero attached hydrogens (tertiary/aromatic N) is 1. The van der Waals surface area contributed by atoms with E-state index in [1.807, 2.05) is 11.8 Å². The van der Waals surface area contributed by atoms with Crippen LogP contribution in [0.25, 0.3) is 0 Å². The summed E-state index contributed by atoms with van der Waals surface area (Å²) >= 11 is 0. The van der Waals surface area contributed by atoms with Gasteiger partial charge in [0.05, 0.1) is 6.54 Å². The molecule has 1 aliphatic rings. The molecule has 0 heterocycles. The Morgan fingerprint density at radius 3 is 2.19 bits per heavy atom. The van der Waals surface area contributed by atoms with E-state index >= 15 is 0 Å². The molecule has 1 aliphatic carbocycles. The maximum atomic E-state index is 12.4. The highest BCUT2D eigenvalue weighted by atomic mass is 16.4. The molecule has 0 radical (unpaired) electrons. The number of carboxylic acids is 1. The molecule has 1 saturated carbocycles. The highest BCUT2D eigenvalue weighted by Gasteiger charge is 2.34. The molecule has 6 heteroatoms. The predicted molar refractivity (Wildman–Crippen MR) is 104 cm³/mol. The van der Waals surface area contributed by atoms with Crippen LogP contribution in [0.15, 0.2) is 12.1 Å². The third-order valence-corrected chi connectivity index (χ3v) is 5.16. The highest BCUT2D eigenvalue weighted by molar-refractivity contribution is 5.91. The van der Waals surface area contributed by atoms with Gasteiger partial charge in [0.25, 0.3) is 0 Å². The minimum absolute atomic E-state index is 0.0587. The monoisotopic (exact) mass is 361 g/mol. The molecule has 1 fully saturated rings. The number of nitrogens with one attached hydrogen (secondary N) is 2. The molecule has 0 saturated heterocycles. The van der Waals surface area contributed by atoms with Crippen LogP contribution in [0, 0.1) is 6.92 Å². The van der Waals surface area contributed by atoms with Crippen molar-refractivity contribution in [2.75, 3.05) is 18.4 Å². The first-order valence-corrected chi connectivity index (χ1v) is 9.53. The molecule has 1 aromatic carbocycles. The number of rotatable bonds is 8. The second-order valence-corrected chi connectivity index (χ2v) is 7.04. The number of anilines is 1. The highest BCUT2D eigenvalue weighted by Crippen LogP contribution is 2.27. The molecule has 0 bridgehead atoms. The smallest absolute Gasteiger partial charge is 0.319 e. The van der Waals surface area contributed by atoms with Crippen LogP contribution in [0.1, 0.15) is 50.3 Å². The van der Waals surface area contributed by atoms with Gasteiger partial charge in [-0.05, 0) is 50.3 Å². The third kappa shape index (κ3) is 4.97. The minimum Gasteiger partial charge on any atom is -0.480 e. The molecular formula is C20H31N3O3. The Hall–Kier alpha value is -2.08. The number of hydrogen-bond acceptors (Lipinski definition) is 3. The topological polar surface area (TPSA) is 81.7 Å². The minimum atomic E-state index is -0.806. The van der Waals surface area contributed by atoms with Gasteiger partial charge < -0.3 is 15.7 Å². The number of carbonyl (C=O) groups excluding carboxylic acids is 1. The maximum Gasteiger partial charge on any atom is 0.319 e. The number of hydrogen-bond donors (Lipinski definition) is 3. The van der Waals surface area contributed by atoms with E-state index in [1.54, 1.807) is 0 Å². The molecule has 0 aromatic heterocycles. The molecular weight excluding hydrogens is 330 g/mol. The van der Waals surface area contributed by atoms with Crippen molar-refractivity contribution < 1.29 is 14.7 Å². The van der Waals surface area contributed by atoms with Crippen LogP contribution in [0.3, 0.4) is 0 Å². The van der Waals surface area contributed by atoms with E-state index < -0.39 is 5.97 Å². The molecule has 3 N–H and O–H groups in total. The van der Waals surface area contributed by atoms with Gasteiger partial charge in [0.1, 0.15) is 0 Å². The zero-order valence-electron chi connectivity index (χ0n) is 16.3. The van der Waals surface area contributed by atoms with Gasteiger partial charge in [-0.1, -0.05) is 38.5 Å². The zero-order chi connectivity index (χ0) is 19.3. The summed E-state index contributed by atoms with van der Waals surface area (Å²) in [6, 6.07) is 4.41. The second kappa shape index (κ2) is 9.03. The van der Waals surface area contributed by atoms with Crippen LogP contribution in [0.5, 0.6) is 0 Å². The number of aryl methyl sites for hydroxylation is 3. The third-order valence-electron chi connectivity index (χ3n) is 5.16. The molecule has 0 spiro atoms. The van der Waals surface area contributed by atoms with Crippen molar-refractivity contribution in [1.29, 1.82) is 0 Å². The first-order valence-electron chi connectivity index (χ1n) is 9.53. The number of carboxylic acid groups (broad SMARTS) is 1. The van der Waals surface area contributed by atoms with Crippen LogP contribution in [-0.2, 0) is 17.6 Å². The van der Waals surface area contributed by atoms with Gasteiger partial charge in [0.2, 0.25) is 0 Å². The van der Waals surface area contributed by atoms with Crippen molar-refractivity contribution in [1.82, 2.24) is 10.2 Å². The van der Waals surface area contributed by atoms with Gasteiger partial charge in [-0.3, -0.25) is 9.69 Å². The summed E-state index contributed by atoms with van der Waals surface area (Å²) < 4.78 is 0. The Morgan fingerprint density at radius 2 is 1.73 bits per heavy atom. The lowest BCUT2D eigenvalue weighted by atomic mass is 9.85. The summed E-state index contributed by atoms with van der Waals surface area (Å²) in [7, 11) is 0. The van der Waals surface area contributed by atoms with Gasteiger partial charge in [-0.2, -0.15) is 0 Å². The molecule has 0 aliphatic heterocycles. The summed E-state index contributed by atoms with van der Waals surface area (Å²) in [5.74, 6) is -0.806. The summed E-state index contributed by atoms with van der Waals surface area (Å²) in [5, 5.41) is 15.0. The lowest BCUT2D eigenvalue weighted by Gasteiger charge is -2.42. The number of aliphatic carboxylic acids is 1. The lowest BCUT2D eigenvalue weighted by molar-refractivity contribution is -0.139. The van der Waals surface area contributed by atoms with E-state index in [1.165, 1.54) is 5.56 Å². The number of carbonyl (C=O) groups is 2. The van der Waals surface area contributed by atoms with Crippen LogP contribution in [0.4, 0.5) is 10.5 Å². The van der Waals surface area contributed by atoms with Crippen LogP contribution in [-0.4, -0.2) is 47.2 Å². The first kappa shape index (κ1) is 20.2. The van der Waals surface area contributed by atoms with E-state index in [2.05, 4.69) is 43.5 Å². The number of amides is 2. The fourth-order valence-corrected chi connectivity index (χ4v) is 3.67. The van der Waals surface area contributed by atoms with Gasteiger partial charge in [0.15, 0.2) is 0 Å². The fourth-order valence-electron chi connectivity index (χ4n) is 3.67. The van der Waals surface area contributed by atoms with E-state index in [4.69, 9.17) is 5.11 Å². The summed E-state index contributed by atoms with van der Waals surface area (Å²) in [5.41, 5.74) is 4.45.